The molecule has 0 unspecified atom stereocenters. The summed E-state index contributed by atoms with van der Waals surface area (Å²) < 4.78 is 7.34. The lowest BCUT2D eigenvalue weighted by Crippen LogP contribution is -2.46. The minimum absolute atomic E-state index is 0.125. The number of methoxy groups -OCH3 is 1. The van der Waals surface area contributed by atoms with E-state index in [-0.39, 0.29) is 5.54 Å². The van der Waals surface area contributed by atoms with E-state index >= 15 is 0 Å². The molecule has 0 saturated heterocycles. The summed E-state index contributed by atoms with van der Waals surface area (Å²) in [5.74, 6) is 0.654. The van der Waals surface area contributed by atoms with E-state index in [2.05, 4.69) is 56.2 Å². The number of anilines is 1. The largest absolute Gasteiger partial charge is 0.385 e. The number of nitrogens with one attached hydrogen (secondary N) is 1. The van der Waals surface area contributed by atoms with Gasteiger partial charge in [0.15, 0.2) is 0 Å². The number of nitrogens with two attached hydrogens (primary N) is 1. The monoisotopic (exact) mass is 456 g/mol. The number of aromatic nitrogens is 4. The molecule has 4 aromatic rings. The van der Waals surface area contributed by atoms with Crippen molar-refractivity contribution < 1.29 is 4.74 Å². The van der Waals surface area contributed by atoms with Crippen LogP contribution in [0.15, 0.2) is 61.1 Å². The van der Waals surface area contributed by atoms with Gasteiger partial charge in [-0.05, 0) is 67.9 Å². The zero-order valence-corrected chi connectivity index (χ0v) is 19.9. The number of hydrogen-bond acceptors (Lipinski definition) is 6. The van der Waals surface area contributed by atoms with Crippen LogP contribution in [0.3, 0.4) is 0 Å². The third kappa shape index (κ3) is 4.67. The van der Waals surface area contributed by atoms with Crippen molar-refractivity contribution in [2.45, 2.75) is 50.6 Å². The minimum Gasteiger partial charge on any atom is -0.385 e. The topological polar surface area (TPSA) is 90.4 Å². The average molecular weight is 457 g/mol. The third-order valence-electron chi connectivity index (χ3n) is 6.95. The lowest BCUT2D eigenvalue weighted by atomic mass is 9.78. The summed E-state index contributed by atoms with van der Waals surface area (Å²) in [5.41, 5.74) is 12.5. The molecular weight excluding hydrogens is 424 g/mol. The predicted octanol–water partition coefficient (Wildman–Crippen LogP) is 4.86. The molecule has 1 fully saturated rings. The van der Waals surface area contributed by atoms with Crippen molar-refractivity contribution >= 4 is 11.6 Å². The number of pyridine rings is 1. The smallest absolute Gasteiger partial charge is 0.223 e. The first-order valence-corrected chi connectivity index (χ1v) is 12.0. The molecule has 3 aromatic heterocycles. The van der Waals surface area contributed by atoms with Crippen LogP contribution in [0.4, 0.5) is 5.95 Å². The standard InChI is InChI=1S/C27H32N6O/c1-19-16-30-26(31-22-10-12-27(28,13-11-22)14-15-34-2)32-25(19)23-17-29-24-9-8-21(18-33(23)24)20-6-4-3-5-7-20/h3-9,16-18,22H,10-15,28H2,1-2H3,(H,30,31,32). The van der Waals surface area contributed by atoms with Crippen LogP contribution in [0.2, 0.25) is 0 Å². The fourth-order valence-electron chi connectivity index (χ4n) is 4.80. The Morgan fingerprint density at radius 2 is 1.85 bits per heavy atom. The second kappa shape index (κ2) is 9.52. The van der Waals surface area contributed by atoms with Gasteiger partial charge in [0.05, 0.1) is 17.6 Å². The van der Waals surface area contributed by atoms with Crippen molar-refractivity contribution in [3.8, 4) is 22.5 Å². The molecule has 0 radical (unpaired) electrons. The number of rotatable bonds is 7. The van der Waals surface area contributed by atoms with Crippen LogP contribution in [0.25, 0.3) is 28.2 Å². The molecule has 0 atom stereocenters. The van der Waals surface area contributed by atoms with Crippen LogP contribution in [-0.4, -0.2) is 44.7 Å². The Labute approximate surface area is 200 Å². The Balaban J connectivity index is 1.38. The molecule has 176 valence electrons. The zero-order valence-electron chi connectivity index (χ0n) is 19.9. The van der Waals surface area contributed by atoms with Gasteiger partial charge in [-0.1, -0.05) is 30.3 Å². The molecule has 7 heteroatoms. The Morgan fingerprint density at radius 3 is 2.62 bits per heavy atom. The van der Waals surface area contributed by atoms with E-state index in [4.69, 9.17) is 15.5 Å². The summed E-state index contributed by atoms with van der Waals surface area (Å²) in [6.45, 7) is 2.75. The summed E-state index contributed by atoms with van der Waals surface area (Å²) in [7, 11) is 1.73. The van der Waals surface area contributed by atoms with Gasteiger partial charge in [-0.15, -0.1) is 0 Å². The molecule has 7 nitrogen and oxygen atoms in total. The van der Waals surface area contributed by atoms with Gasteiger partial charge in [0.2, 0.25) is 5.95 Å². The maximum atomic E-state index is 6.57. The summed E-state index contributed by atoms with van der Waals surface area (Å²) in [6.07, 6.45) is 10.8. The fraction of sp³-hybridized carbons (Fsp3) is 0.370. The van der Waals surface area contributed by atoms with Gasteiger partial charge in [-0.2, -0.15) is 0 Å². The number of hydrogen-bond donors (Lipinski definition) is 2. The zero-order chi connectivity index (χ0) is 23.5. The van der Waals surface area contributed by atoms with Crippen LogP contribution in [0.1, 0.15) is 37.7 Å². The Hall–Kier alpha value is -3.29. The summed E-state index contributed by atoms with van der Waals surface area (Å²) in [6, 6.07) is 14.8. The molecule has 3 N–H and O–H groups in total. The number of nitrogens with zero attached hydrogens (tertiary/aromatic N) is 4. The van der Waals surface area contributed by atoms with Crippen molar-refractivity contribution in [1.82, 2.24) is 19.4 Å². The van der Waals surface area contributed by atoms with Crippen molar-refractivity contribution in [3.63, 3.8) is 0 Å². The quantitative estimate of drug-likeness (QED) is 0.413. The third-order valence-corrected chi connectivity index (χ3v) is 6.95. The van der Waals surface area contributed by atoms with Gasteiger partial charge in [-0.25, -0.2) is 15.0 Å². The van der Waals surface area contributed by atoms with E-state index < -0.39 is 0 Å². The highest BCUT2D eigenvalue weighted by atomic mass is 16.5. The highest BCUT2D eigenvalue weighted by molar-refractivity contribution is 5.69. The number of aryl methyl sites for hydroxylation is 1. The molecular formula is C27H32N6O. The minimum atomic E-state index is -0.125. The number of fused-ring (bicyclic) bond motifs is 1. The number of ether oxygens (including phenoxy) is 1. The molecule has 0 spiro atoms. The Bertz CT molecular complexity index is 1260. The number of benzene rings is 1. The fourth-order valence-corrected chi connectivity index (χ4v) is 4.80. The highest BCUT2D eigenvalue weighted by Crippen LogP contribution is 2.31. The van der Waals surface area contributed by atoms with Gasteiger partial charge < -0.3 is 15.8 Å². The van der Waals surface area contributed by atoms with Gasteiger partial charge in [-0.3, -0.25) is 4.40 Å². The van der Waals surface area contributed by atoms with E-state index in [1.807, 2.05) is 31.5 Å². The maximum Gasteiger partial charge on any atom is 0.223 e. The van der Waals surface area contributed by atoms with E-state index in [9.17, 15) is 0 Å². The first-order valence-electron chi connectivity index (χ1n) is 12.0. The van der Waals surface area contributed by atoms with Gasteiger partial charge in [0, 0.05) is 37.7 Å². The summed E-state index contributed by atoms with van der Waals surface area (Å²) >= 11 is 0. The molecule has 5 rings (SSSR count). The summed E-state index contributed by atoms with van der Waals surface area (Å²) in [4.78, 5) is 14.1. The maximum absolute atomic E-state index is 6.57. The molecule has 1 saturated carbocycles. The first kappa shape index (κ1) is 22.5. The van der Waals surface area contributed by atoms with Crippen LogP contribution < -0.4 is 11.1 Å². The molecule has 3 heterocycles. The average Bonchev–Trinajstić information content (AvgIpc) is 3.29. The van der Waals surface area contributed by atoms with Crippen molar-refractivity contribution in [3.05, 3.63) is 66.6 Å². The van der Waals surface area contributed by atoms with E-state index in [1.54, 1.807) is 7.11 Å². The Morgan fingerprint density at radius 1 is 1.06 bits per heavy atom. The van der Waals surface area contributed by atoms with Crippen LogP contribution in [0, 0.1) is 6.92 Å². The predicted molar refractivity (Wildman–Crippen MR) is 136 cm³/mol. The van der Waals surface area contributed by atoms with Crippen molar-refractivity contribution in [2.24, 2.45) is 5.73 Å². The lowest BCUT2D eigenvalue weighted by Gasteiger charge is -2.37. The number of imidazole rings is 1. The van der Waals surface area contributed by atoms with Gasteiger partial charge >= 0.3 is 0 Å². The normalized spacial score (nSPS) is 20.5. The van der Waals surface area contributed by atoms with E-state index in [0.717, 1.165) is 60.3 Å². The molecule has 1 aliphatic carbocycles. The second-order valence-electron chi connectivity index (χ2n) is 9.40. The molecule has 0 aliphatic heterocycles. The van der Waals surface area contributed by atoms with Crippen molar-refractivity contribution in [1.29, 1.82) is 0 Å². The molecule has 1 aromatic carbocycles. The van der Waals surface area contributed by atoms with E-state index in [0.29, 0.717) is 18.6 Å². The van der Waals surface area contributed by atoms with Crippen LogP contribution in [0.5, 0.6) is 0 Å². The van der Waals surface area contributed by atoms with Gasteiger partial charge in [0.25, 0.3) is 0 Å². The first-order chi connectivity index (χ1) is 16.5. The Kier molecular flexibility index (Phi) is 6.30. The molecule has 0 bridgehead atoms. The van der Waals surface area contributed by atoms with Gasteiger partial charge in [0.1, 0.15) is 5.65 Å². The van der Waals surface area contributed by atoms with Crippen LogP contribution >= 0.6 is 0 Å². The second-order valence-corrected chi connectivity index (χ2v) is 9.40. The molecule has 34 heavy (non-hydrogen) atoms. The molecule has 1 aliphatic rings. The lowest BCUT2D eigenvalue weighted by molar-refractivity contribution is 0.149. The summed E-state index contributed by atoms with van der Waals surface area (Å²) in [5, 5.41) is 3.55. The van der Waals surface area contributed by atoms with Crippen molar-refractivity contribution in [2.75, 3.05) is 19.0 Å². The SMILES string of the molecule is COCCC1(N)CCC(Nc2ncc(C)c(-c3cnc4ccc(-c5ccccc5)cn34)n2)CC1. The molecule has 0 amide bonds. The highest BCUT2D eigenvalue weighted by Gasteiger charge is 2.31. The van der Waals surface area contributed by atoms with E-state index in [1.165, 1.54) is 5.56 Å². The van der Waals surface area contributed by atoms with Crippen LogP contribution in [-0.2, 0) is 4.74 Å².